The van der Waals surface area contributed by atoms with E-state index < -0.39 is 5.82 Å². The molecule has 80 valence electrons. The van der Waals surface area contributed by atoms with Crippen LogP contribution in [-0.2, 0) is 4.79 Å². The highest BCUT2D eigenvalue weighted by Gasteiger charge is 2.10. The van der Waals surface area contributed by atoms with Gasteiger partial charge in [-0.25, -0.2) is 4.39 Å². The Balaban J connectivity index is 2.71. The van der Waals surface area contributed by atoms with Crippen LogP contribution >= 0.6 is 0 Å². The van der Waals surface area contributed by atoms with Gasteiger partial charge in [0.05, 0.1) is 0 Å². The molecule has 1 amide bonds. The zero-order valence-electron chi connectivity index (χ0n) is 8.16. The van der Waals surface area contributed by atoms with Crippen LogP contribution in [0.4, 0.5) is 10.1 Å². The molecule has 1 aromatic rings. The monoisotopic (exact) mass is 209 g/mol. The molecule has 2 N–H and O–H groups in total. The minimum Gasteiger partial charge on any atom is -0.506 e. The predicted molar refractivity (Wildman–Crippen MR) is 56.1 cm³/mol. The average molecular weight is 209 g/mol. The Labute approximate surface area is 87.2 Å². The second-order valence-corrected chi connectivity index (χ2v) is 3.01. The summed E-state index contributed by atoms with van der Waals surface area (Å²) in [7, 11) is 0. The van der Waals surface area contributed by atoms with Crippen LogP contribution in [0.3, 0.4) is 0 Å². The molecule has 3 nitrogen and oxygen atoms in total. The van der Waals surface area contributed by atoms with E-state index in [1.807, 2.05) is 0 Å². The van der Waals surface area contributed by atoms with Gasteiger partial charge >= 0.3 is 0 Å². The van der Waals surface area contributed by atoms with E-state index in [4.69, 9.17) is 0 Å². The maximum absolute atomic E-state index is 13.1. The van der Waals surface area contributed by atoms with E-state index >= 15 is 0 Å². The predicted octanol–water partition coefficient (Wildman–Crippen LogP) is 2.44. The summed E-state index contributed by atoms with van der Waals surface area (Å²) in [5, 5.41) is 11.6. The molecule has 0 aliphatic heterocycles. The number of carbonyl (C=O) groups excluding carboxylic acids is 1. The summed E-state index contributed by atoms with van der Waals surface area (Å²) < 4.78 is 13.1. The lowest BCUT2D eigenvalue weighted by Gasteiger charge is -2.07. The van der Waals surface area contributed by atoms with Crippen molar-refractivity contribution in [3.8, 4) is 5.75 Å². The number of phenolic OH excluding ortho intramolecular Hbond substituents is 1. The lowest BCUT2D eigenvalue weighted by Crippen LogP contribution is -2.12. The Bertz CT molecular complexity index is 357. The zero-order valence-corrected chi connectivity index (χ0v) is 8.16. The fourth-order valence-electron chi connectivity index (χ4n) is 1.07. The van der Waals surface area contributed by atoms with Crippen LogP contribution in [0.15, 0.2) is 30.9 Å². The van der Waals surface area contributed by atoms with Crippen molar-refractivity contribution in [2.75, 3.05) is 5.32 Å². The van der Waals surface area contributed by atoms with E-state index in [9.17, 15) is 14.3 Å². The molecule has 0 aliphatic rings. The molecule has 0 fully saturated rings. The molecule has 15 heavy (non-hydrogen) atoms. The minimum absolute atomic E-state index is 0.174. The molecule has 0 atom stereocenters. The summed E-state index contributed by atoms with van der Waals surface area (Å²) in [6, 6.07) is 3.85. The third kappa shape index (κ3) is 3.09. The van der Waals surface area contributed by atoms with Gasteiger partial charge < -0.3 is 10.4 Å². The van der Waals surface area contributed by atoms with Crippen molar-refractivity contribution in [1.29, 1.82) is 0 Å². The topological polar surface area (TPSA) is 49.3 Å². The van der Waals surface area contributed by atoms with E-state index in [0.717, 1.165) is 0 Å². The molecule has 1 aromatic carbocycles. The first kappa shape index (κ1) is 11.2. The van der Waals surface area contributed by atoms with Crippen LogP contribution in [0, 0.1) is 5.82 Å². The number of anilines is 1. The van der Waals surface area contributed by atoms with Gasteiger partial charge in [-0.15, -0.1) is 6.58 Å². The SMILES string of the molecule is C=CCCC(=O)Nc1c(O)cccc1F. The van der Waals surface area contributed by atoms with E-state index in [-0.39, 0.29) is 23.8 Å². The van der Waals surface area contributed by atoms with Gasteiger partial charge in [-0.2, -0.15) is 0 Å². The zero-order chi connectivity index (χ0) is 11.3. The third-order valence-corrected chi connectivity index (χ3v) is 1.83. The number of amides is 1. The van der Waals surface area contributed by atoms with Crippen molar-refractivity contribution in [2.24, 2.45) is 0 Å². The Kier molecular flexibility index (Phi) is 3.85. The highest BCUT2D eigenvalue weighted by atomic mass is 19.1. The van der Waals surface area contributed by atoms with Crippen LogP contribution in [0.25, 0.3) is 0 Å². The number of carbonyl (C=O) groups is 1. The highest BCUT2D eigenvalue weighted by Crippen LogP contribution is 2.25. The molecule has 0 bridgehead atoms. The van der Waals surface area contributed by atoms with Crippen molar-refractivity contribution in [2.45, 2.75) is 12.8 Å². The average Bonchev–Trinajstić information content (AvgIpc) is 2.21. The largest absolute Gasteiger partial charge is 0.506 e. The molecule has 0 saturated heterocycles. The third-order valence-electron chi connectivity index (χ3n) is 1.83. The van der Waals surface area contributed by atoms with E-state index in [1.165, 1.54) is 18.2 Å². The summed E-state index contributed by atoms with van der Waals surface area (Å²) >= 11 is 0. The van der Waals surface area contributed by atoms with Crippen LogP contribution < -0.4 is 5.32 Å². The first-order chi connectivity index (χ1) is 7.15. The Morgan fingerprint density at radius 2 is 2.33 bits per heavy atom. The number of halogens is 1. The number of hydrogen-bond acceptors (Lipinski definition) is 2. The number of allylic oxidation sites excluding steroid dienone is 1. The van der Waals surface area contributed by atoms with Gasteiger partial charge in [0.15, 0.2) is 5.82 Å². The lowest BCUT2D eigenvalue weighted by molar-refractivity contribution is -0.116. The summed E-state index contributed by atoms with van der Waals surface area (Å²) in [5.41, 5.74) is -0.174. The fourth-order valence-corrected chi connectivity index (χ4v) is 1.07. The highest BCUT2D eigenvalue weighted by molar-refractivity contribution is 5.92. The van der Waals surface area contributed by atoms with Crippen molar-refractivity contribution in [1.82, 2.24) is 0 Å². The number of phenols is 1. The number of nitrogens with one attached hydrogen (secondary N) is 1. The molecular weight excluding hydrogens is 197 g/mol. The number of benzene rings is 1. The number of hydrogen-bond donors (Lipinski definition) is 2. The lowest BCUT2D eigenvalue weighted by atomic mass is 10.2. The second kappa shape index (κ2) is 5.14. The van der Waals surface area contributed by atoms with Crippen LogP contribution in [0.2, 0.25) is 0 Å². The van der Waals surface area contributed by atoms with Gasteiger partial charge in [0, 0.05) is 6.42 Å². The molecule has 0 saturated carbocycles. The van der Waals surface area contributed by atoms with Gasteiger partial charge in [0.1, 0.15) is 11.4 Å². The van der Waals surface area contributed by atoms with Gasteiger partial charge in [-0.05, 0) is 18.6 Å². The normalized spacial score (nSPS) is 9.67. The summed E-state index contributed by atoms with van der Waals surface area (Å²) in [5.74, 6) is -1.28. The number of rotatable bonds is 4. The van der Waals surface area contributed by atoms with Crippen molar-refractivity contribution >= 4 is 11.6 Å². The Morgan fingerprint density at radius 3 is 2.93 bits per heavy atom. The first-order valence-electron chi connectivity index (χ1n) is 4.53. The van der Waals surface area contributed by atoms with Gasteiger partial charge in [0.2, 0.25) is 5.91 Å². The summed E-state index contributed by atoms with van der Waals surface area (Å²) in [6.45, 7) is 3.47. The van der Waals surface area contributed by atoms with Gasteiger partial charge in [-0.3, -0.25) is 4.79 Å². The fraction of sp³-hybridized carbons (Fsp3) is 0.182. The number of aromatic hydroxyl groups is 1. The van der Waals surface area contributed by atoms with Crippen molar-refractivity contribution < 1.29 is 14.3 Å². The molecule has 4 heteroatoms. The van der Waals surface area contributed by atoms with Gasteiger partial charge in [0.25, 0.3) is 0 Å². The standard InChI is InChI=1S/C11H12FNO2/c1-2-3-7-10(15)13-11-8(12)5-4-6-9(11)14/h2,4-6,14H,1,3,7H2,(H,13,15). The summed E-state index contributed by atoms with van der Waals surface area (Å²) in [6.07, 6.45) is 2.33. The molecule has 0 aliphatic carbocycles. The molecule has 0 aromatic heterocycles. The van der Waals surface area contributed by atoms with Crippen molar-refractivity contribution in [3.63, 3.8) is 0 Å². The first-order valence-corrected chi connectivity index (χ1v) is 4.53. The van der Waals surface area contributed by atoms with E-state index in [2.05, 4.69) is 11.9 Å². The number of para-hydroxylation sites is 1. The van der Waals surface area contributed by atoms with Crippen LogP contribution in [-0.4, -0.2) is 11.0 Å². The molecule has 0 unspecified atom stereocenters. The molecule has 1 rings (SSSR count). The smallest absolute Gasteiger partial charge is 0.224 e. The van der Waals surface area contributed by atoms with E-state index in [0.29, 0.717) is 6.42 Å². The quantitative estimate of drug-likeness (QED) is 0.591. The molecular formula is C11H12FNO2. The van der Waals surface area contributed by atoms with Crippen LogP contribution in [0.1, 0.15) is 12.8 Å². The molecule has 0 heterocycles. The Morgan fingerprint density at radius 1 is 1.60 bits per heavy atom. The maximum atomic E-state index is 13.1. The van der Waals surface area contributed by atoms with Crippen LogP contribution in [0.5, 0.6) is 5.75 Å². The Hall–Kier alpha value is -1.84. The van der Waals surface area contributed by atoms with Gasteiger partial charge in [-0.1, -0.05) is 12.1 Å². The van der Waals surface area contributed by atoms with Crippen molar-refractivity contribution in [3.05, 3.63) is 36.7 Å². The van der Waals surface area contributed by atoms with E-state index in [1.54, 1.807) is 6.08 Å². The molecule has 0 spiro atoms. The molecule has 0 radical (unpaired) electrons. The summed E-state index contributed by atoms with van der Waals surface area (Å²) in [4.78, 5) is 11.2. The minimum atomic E-state index is -0.651. The second-order valence-electron chi connectivity index (χ2n) is 3.01. The maximum Gasteiger partial charge on any atom is 0.224 e.